The first kappa shape index (κ1) is 15.1. The molecule has 2 aromatic rings. The number of hydrogen-bond acceptors (Lipinski definition) is 3. The number of aromatic carboxylic acids is 1. The van der Waals surface area contributed by atoms with Crippen LogP contribution < -0.4 is 9.88 Å². The minimum Gasteiger partial charge on any atom is -0.496 e. The van der Waals surface area contributed by atoms with Crippen molar-refractivity contribution < 1.29 is 18.8 Å². The maximum Gasteiger partial charge on any atom is 0.340 e. The normalized spacial score (nSPS) is 13.2. The molecule has 2 aromatic carbocycles. The molecule has 1 atom stereocenters. The van der Waals surface area contributed by atoms with Gasteiger partial charge in [0.05, 0.1) is 16.8 Å². The molecular formula is C15H15NO4S. The summed E-state index contributed by atoms with van der Waals surface area (Å²) in [4.78, 5) is 11.8. The lowest BCUT2D eigenvalue weighted by atomic mass is 10.1. The Bertz CT molecular complexity index is 778. The van der Waals surface area contributed by atoms with Crippen LogP contribution in [0.25, 0.3) is 0 Å². The van der Waals surface area contributed by atoms with Gasteiger partial charge in [0.25, 0.3) is 0 Å². The highest BCUT2D eigenvalue weighted by molar-refractivity contribution is 7.99. The van der Waals surface area contributed by atoms with E-state index >= 15 is 0 Å². The number of carboxylic acid groups (broad SMARTS) is 1. The van der Waals surface area contributed by atoms with Crippen LogP contribution in [-0.2, 0) is 9.71 Å². The van der Waals surface area contributed by atoms with E-state index in [0.29, 0.717) is 4.90 Å². The van der Waals surface area contributed by atoms with Crippen molar-refractivity contribution in [3.63, 3.8) is 0 Å². The number of methoxy groups -OCH3 is 1. The van der Waals surface area contributed by atoms with Crippen molar-refractivity contribution in [3.05, 3.63) is 59.7 Å². The third-order valence-corrected chi connectivity index (χ3v) is 4.52. The molecule has 1 unspecified atom stereocenters. The third-order valence-electron chi connectivity index (χ3n) is 2.91. The van der Waals surface area contributed by atoms with E-state index in [4.69, 9.17) is 9.88 Å². The smallest absolute Gasteiger partial charge is 0.340 e. The summed E-state index contributed by atoms with van der Waals surface area (Å²) in [5.41, 5.74) is 0.201. The SMILES string of the molecule is COc1cccc(C=S(N)(=O)c2ccccc2)c1C(=O)O. The van der Waals surface area contributed by atoms with Crippen molar-refractivity contribution >= 4 is 21.0 Å². The van der Waals surface area contributed by atoms with Gasteiger partial charge in [-0.2, -0.15) is 0 Å². The molecule has 21 heavy (non-hydrogen) atoms. The Morgan fingerprint density at radius 1 is 1.19 bits per heavy atom. The minimum absolute atomic E-state index is 0.0610. The van der Waals surface area contributed by atoms with E-state index in [1.807, 2.05) is 0 Å². The average Bonchev–Trinajstić information content (AvgIpc) is 2.47. The zero-order chi connectivity index (χ0) is 15.5. The van der Waals surface area contributed by atoms with Crippen molar-refractivity contribution in [2.24, 2.45) is 5.14 Å². The maximum absolute atomic E-state index is 12.6. The van der Waals surface area contributed by atoms with Crippen molar-refractivity contribution in [2.75, 3.05) is 7.11 Å². The van der Waals surface area contributed by atoms with Gasteiger partial charge in [0.15, 0.2) is 0 Å². The van der Waals surface area contributed by atoms with Crippen molar-refractivity contribution in [1.29, 1.82) is 0 Å². The second kappa shape index (κ2) is 5.99. The molecule has 5 nitrogen and oxygen atoms in total. The first-order chi connectivity index (χ1) is 9.95. The van der Waals surface area contributed by atoms with E-state index in [1.54, 1.807) is 42.5 Å². The molecule has 0 aromatic heterocycles. The van der Waals surface area contributed by atoms with Gasteiger partial charge >= 0.3 is 5.97 Å². The van der Waals surface area contributed by atoms with E-state index in [9.17, 15) is 14.1 Å². The fraction of sp³-hybridized carbons (Fsp3) is 0.0667. The molecule has 0 heterocycles. The Morgan fingerprint density at radius 3 is 2.43 bits per heavy atom. The highest BCUT2D eigenvalue weighted by Crippen LogP contribution is 2.22. The topological polar surface area (TPSA) is 89.6 Å². The molecule has 2 rings (SSSR count). The summed E-state index contributed by atoms with van der Waals surface area (Å²) in [7, 11) is -1.61. The molecule has 0 saturated carbocycles. The number of benzene rings is 2. The van der Waals surface area contributed by atoms with Gasteiger partial charge in [0.1, 0.15) is 11.3 Å². The predicted octanol–water partition coefficient (Wildman–Crippen LogP) is 1.76. The van der Waals surface area contributed by atoms with Crippen molar-refractivity contribution in [1.82, 2.24) is 0 Å². The summed E-state index contributed by atoms with van der Waals surface area (Å²) in [6, 6.07) is 13.2. The van der Waals surface area contributed by atoms with Gasteiger partial charge < -0.3 is 9.84 Å². The van der Waals surface area contributed by atoms with Gasteiger partial charge in [-0.1, -0.05) is 30.3 Å². The van der Waals surface area contributed by atoms with E-state index in [0.717, 1.165) is 0 Å². The molecule has 0 radical (unpaired) electrons. The van der Waals surface area contributed by atoms with Crippen LogP contribution in [0.5, 0.6) is 5.75 Å². The predicted molar refractivity (Wildman–Crippen MR) is 82.2 cm³/mol. The van der Waals surface area contributed by atoms with E-state index < -0.39 is 15.7 Å². The van der Waals surface area contributed by atoms with Gasteiger partial charge in [0.2, 0.25) is 0 Å². The molecule has 3 N–H and O–H groups in total. The largest absolute Gasteiger partial charge is 0.496 e. The summed E-state index contributed by atoms with van der Waals surface area (Å²) >= 11 is 0. The standard InChI is InChI=1S/C15H15NO4S/c1-20-13-9-5-6-11(14(13)15(17)18)10-21(16,19)12-7-3-2-4-8-12/h2-10H,1H3,(H2,16,19)(H,17,18). The Morgan fingerprint density at radius 2 is 1.86 bits per heavy atom. The van der Waals surface area contributed by atoms with Crippen LogP contribution in [0.15, 0.2) is 53.4 Å². The van der Waals surface area contributed by atoms with Gasteiger partial charge in [-0.25, -0.2) is 9.00 Å². The van der Waals surface area contributed by atoms with Crippen molar-refractivity contribution in [3.8, 4) is 5.75 Å². The summed E-state index contributed by atoms with van der Waals surface area (Å²) in [6.45, 7) is 0. The van der Waals surface area contributed by atoms with Gasteiger partial charge in [-0.3, -0.25) is 5.14 Å². The average molecular weight is 305 g/mol. The molecule has 0 aliphatic rings. The van der Waals surface area contributed by atoms with Gasteiger partial charge in [0, 0.05) is 15.8 Å². The minimum atomic E-state index is -2.99. The molecule has 6 heteroatoms. The number of hydrogen-bond donors (Lipinski definition) is 2. The molecule has 0 fully saturated rings. The van der Waals surface area contributed by atoms with E-state index in [2.05, 4.69) is 0 Å². The molecule has 0 spiro atoms. The quantitative estimate of drug-likeness (QED) is 0.842. The Kier molecular flexibility index (Phi) is 4.30. The highest BCUT2D eigenvalue weighted by Gasteiger charge is 2.16. The molecule has 0 aliphatic heterocycles. The lowest BCUT2D eigenvalue weighted by molar-refractivity contribution is 0.0693. The van der Waals surface area contributed by atoms with Gasteiger partial charge in [-0.15, -0.1) is 0 Å². The summed E-state index contributed by atoms with van der Waals surface area (Å²) in [5, 5.41) is 16.5. The zero-order valence-corrected chi connectivity index (χ0v) is 12.2. The Labute approximate surface area is 123 Å². The number of carbonyl (C=O) groups is 1. The number of nitrogens with two attached hydrogens (primary N) is 1. The fourth-order valence-electron chi connectivity index (χ4n) is 1.94. The number of ether oxygens (including phenoxy) is 1. The van der Waals surface area contributed by atoms with E-state index in [1.165, 1.54) is 18.5 Å². The van der Waals surface area contributed by atoms with Crippen LogP contribution in [0, 0.1) is 0 Å². The van der Waals surface area contributed by atoms with Gasteiger partial charge in [-0.05, 0) is 18.2 Å². The second-order valence-corrected chi connectivity index (χ2v) is 6.31. The van der Waals surface area contributed by atoms with E-state index in [-0.39, 0.29) is 16.9 Å². The van der Waals surface area contributed by atoms with Crippen LogP contribution in [-0.4, -0.2) is 27.8 Å². The maximum atomic E-state index is 12.6. The van der Waals surface area contributed by atoms with Crippen molar-refractivity contribution in [2.45, 2.75) is 4.90 Å². The fourth-order valence-corrected chi connectivity index (χ4v) is 3.23. The molecule has 0 saturated heterocycles. The molecule has 110 valence electrons. The lowest BCUT2D eigenvalue weighted by Gasteiger charge is -2.10. The second-order valence-electron chi connectivity index (χ2n) is 4.31. The first-order valence-electron chi connectivity index (χ1n) is 6.08. The molecule has 0 amide bonds. The van der Waals surface area contributed by atoms with Crippen LogP contribution in [0.3, 0.4) is 0 Å². The van der Waals surface area contributed by atoms with Crippen LogP contribution >= 0.6 is 0 Å². The Balaban J connectivity index is 2.66. The van der Waals surface area contributed by atoms with Crippen LogP contribution in [0.4, 0.5) is 0 Å². The summed E-state index contributed by atoms with van der Waals surface area (Å²) in [6.07, 6.45) is 0. The zero-order valence-electron chi connectivity index (χ0n) is 11.4. The molecule has 0 bridgehead atoms. The summed E-state index contributed by atoms with van der Waals surface area (Å²) in [5.74, 6) is -0.971. The highest BCUT2D eigenvalue weighted by atomic mass is 32.2. The monoisotopic (exact) mass is 305 g/mol. The first-order valence-corrected chi connectivity index (χ1v) is 7.76. The number of carboxylic acids is 1. The summed E-state index contributed by atoms with van der Waals surface area (Å²) < 4.78 is 17.7. The van der Waals surface area contributed by atoms with Crippen LogP contribution in [0.2, 0.25) is 0 Å². The molecular weight excluding hydrogens is 290 g/mol. The third kappa shape index (κ3) is 3.24. The molecule has 0 aliphatic carbocycles. The Hall–Kier alpha value is -2.31. The number of rotatable bonds is 4. The lowest BCUT2D eigenvalue weighted by Crippen LogP contribution is -2.18. The van der Waals surface area contributed by atoms with Crippen LogP contribution in [0.1, 0.15) is 15.9 Å².